The van der Waals surface area contributed by atoms with Crippen LogP contribution in [0.1, 0.15) is 60.5 Å². The first-order chi connectivity index (χ1) is 18.8. The van der Waals surface area contributed by atoms with Crippen LogP contribution in [0.15, 0.2) is 36.4 Å². The second-order valence-electron chi connectivity index (χ2n) is 9.64. The van der Waals surface area contributed by atoms with Gasteiger partial charge in [0.05, 0.1) is 35.5 Å². The number of hydrogen-bond acceptors (Lipinski definition) is 3. The van der Waals surface area contributed by atoms with E-state index in [0.29, 0.717) is 35.6 Å². The predicted molar refractivity (Wildman–Crippen MR) is 127 cm³/mol. The van der Waals surface area contributed by atoms with Gasteiger partial charge in [-0.3, -0.25) is 9.80 Å². The van der Waals surface area contributed by atoms with Gasteiger partial charge in [-0.1, -0.05) is 20.3 Å². The summed E-state index contributed by atoms with van der Waals surface area (Å²) in [6, 6.07) is 0.565. The number of benzene rings is 2. The highest BCUT2D eigenvalue weighted by Gasteiger charge is 2.44. The maximum Gasteiger partial charge on any atom is 0.416 e. The molecule has 3 atom stereocenters. The van der Waals surface area contributed by atoms with Crippen molar-refractivity contribution < 1.29 is 58.9 Å². The number of methoxy groups -OCH3 is 1. The minimum absolute atomic E-state index is 0.0960. The highest BCUT2D eigenvalue weighted by atomic mass is 19.4. The lowest BCUT2D eigenvalue weighted by Gasteiger charge is -2.45. The van der Waals surface area contributed by atoms with Crippen LogP contribution in [0.25, 0.3) is 0 Å². The molecule has 41 heavy (non-hydrogen) atoms. The summed E-state index contributed by atoms with van der Waals surface area (Å²) in [7, 11) is 0.883. The lowest BCUT2D eigenvalue weighted by Crippen LogP contribution is -2.50. The van der Waals surface area contributed by atoms with Crippen molar-refractivity contribution in [1.82, 2.24) is 4.90 Å². The molecule has 1 aliphatic heterocycles. The Morgan fingerprint density at radius 3 is 1.93 bits per heavy atom. The van der Waals surface area contributed by atoms with Gasteiger partial charge >= 0.3 is 30.7 Å². The highest BCUT2D eigenvalue weighted by Crippen LogP contribution is 2.46. The molecule has 2 amide bonds. The van der Waals surface area contributed by atoms with Crippen LogP contribution in [0.3, 0.4) is 0 Å². The fraction of sp³-hybridized carbons (Fsp3) is 0.462. The van der Waals surface area contributed by atoms with Gasteiger partial charge in [0, 0.05) is 12.6 Å². The molecule has 0 fully saturated rings. The van der Waals surface area contributed by atoms with Crippen molar-refractivity contribution in [3.05, 3.63) is 64.2 Å². The van der Waals surface area contributed by atoms with Gasteiger partial charge < -0.3 is 9.84 Å². The molecule has 0 saturated carbocycles. The minimum atomic E-state index is -5.19. The average Bonchev–Trinajstić information content (AvgIpc) is 2.87. The Hall–Kier alpha value is -3.65. The average molecular weight is 600 g/mol. The number of rotatable bonds is 5. The smallest absolute Gasteiger partial charge is 0.416 e. The standard InChI is InChI=1S/C26H25F9N2O4/c1-4-13(2)20-11-21(18-10-15(24(27,28)29)5-6-19(18)37(20)22(38)39)36(23(40)41-3)12-14-7-16(25(30,31)32)9-17(8-14)26(33,34)35/h5-10,13,20-21H,4,11-12H2,1-3H3,(H,38,39). The Kier molecular flexibility index (Phi) is 8.80. The molecule has 1 N–H and O–H groups in total. The van der Waals surface area contributed by atoms with Crippen LogP contribution in [0, 0.1) is 5.92 Å². The van der Waals surface area contributed by atoms with E-state index in [9.17, 15) is 54.2 Å². The minimum Gasteiger partial charge on any atom is -0.465 e. The molecule has 2 aromatic rings. The number of amides is 2. The Labute approximate surface area is 228 Å². The third-order valence-electron chi connectivity index (χ3n) is 7.06. The monoisotopic (exact) mass is 600 g/mol. The molecular weight excluding hydrogens is 575 g/mol. The van der Waals surface area contributed by atoms with Gasteiger partial charge in [0.15, 0.2) is 0 Å². The van der Waals surface area contributed by atoms with Crippen LogP contribution in [-0.2, 0) is 29.8 Å². The van der Waals surface area contributed by atoms with E-state index in [1.165, 1.54) is 0 Å². The Bertz CT molecular complexity index is 1260. The SMILES string of the molecule is CCC(C)C1CC(N(Cc2cc(C(F)(F)F)cc(C(F)(F)F)c2)C(=O)OC)c2cc(C(F)(F)F)ccc2N1C(=O)O. The summed E-state index contributed by atoms with van der Waals surface area (Å²) in [6.07, 6.45) is -17.9. The molecule has 1 aliphatic rings. The molecule has 15 heteroatoms. The number of nitrogens with zero attached hydrogens (tertiary/aromatic N) is 2. The van der Waals surface area contributed by atoms with Crippen LogP contribution in [0.4, 0.5) is 54.8 Å². The van der Waals surface area contributed by atoms with E-state index >= 15 is 0 Å². The van der Waals surface area contributed by atoms with Crippen molar-refractivity contribution in [1.29, 1.82) is 0 Å². The number of halogens is 9. The quantitative estimate of drug-likeness (QED) is 0.350. The van der Waals surface area contributed by atoms with Crippen molar-refractivity contribution in [2.45, 2.75) is 63.8 Å². The van der Waals surface area contributed by atoms with E-state index < -0.39 is 77.5 Å². The van der Waals surface area contributed by atoms with Crippen molar-refractivity contribution >= 4 is 17.9 Å². The van der Waals surface area contributed by atoms with Gasteiger partial charge in [-0.15, -0.1) is 0 Å². The number of carbonyl (C=O) groups is 2. The molecule has 0 spiro atoms. The van der Waals surface area contributed by atoms with E-state index in [0.717, 1.165) is 18.1 Å². The van der Waals surface area contributed by atoms with Crippen molar-refractivity contribution in [3.8, 4) is 0 Å². The number of hydrogen-bond donors (Lipinski definition) is 1. The molecule has 0 saturated heterocycles. The zero-order valence-corrected chi connectivity index (χ0v) is 21.8. The molecule has 1 heterocycles. The molecule has 0 radical (unpaired) electrons. The number of ether oxygens (including phenoxy) is 1. The van der Waals surface area contributed by atoms with Crippen LogP contribution in [0.2, 0.25) is 0 Å². The molecule has 2 aromatic carbocycles. The zero-order chi connectivity index (χ0) is 31.1. The first-order valence-electron chi connectivity index (χ1n) is 12.2. The molecule has 0 aliphatic carbocycles. The van der Waals surface area contributed by atoms with Crippen LogP contribution < -0.4 is 4.90 Å². The molecule has 0 bridgehead atoms. The maximum absolute atomic E-state index is 13.6. The number of carboxylic acid groups (broad SMARTS) is 1. The van der Waals surface area contributed by atoms with E-state index in [1.807, 2.05) is 0 Å². The Morgan fingerprint density at radius 2 is 1.49 bits per heavy atom. The lowest BCUT2D eigenvalue weighted by molar-refractivity contribution is -0.143. The van der Waals surface area contributed by atoms with Crippen molar-refractivity contribution in [2.24, 2.45) is 5.92 Å². The molecule has 0 aromatic heterocycles. The van der Waals surface area contributed by atoms with Gasteiger partial charge in [-0.05, 0) is 59.9 Å². The summed E-state index contributed by atoms with van der Waals surface area (Å²) in [5.74, 6) is -0.408. The van der Waals surface area contributed by atoms with Crippen molar-refractivity contribution in [2.75, 3.05) is 12.0 Å². The molecular formula is C26H25F9N2O4. The van der Waals surface area contributed by atoms with Crippen LogP contribution >= 0.6 is 0 Å². The fourth-order valence-corrected chi connectivity index (χ4v) is 4.88. The topological polar surface area (TPSA) is 70.1 Å². The third kappa shape index (κ3) is 6.81. The van der Waals surface area contributed by atoms with Gasteiger partial charge in [0.2, 0.25) is 0 Å². The zero-order valence-electron chi connectivity index (χ0n) is 21.8. The molecule has 3 rings (SSSR count). The maximum atomic E-state index is 13.6. The van der Waals surface area contributed by atoms with Gasteiger partial charge in [0.1, 0.15) is 0 Å². The van der Waals surface area contributed by atoms with Crippen LogP contribution in [-0.4, -0.2) is 35.3 Å². The molecule has 226 valence electrons. The summed E-state index contributed by atoms with van der Waals surface area (Å²) < 4.78 is 126. The Morgan fingerprint density at radius 1 is 0.951 bits per heavy atom. The number of anilines is 1. The number of alkyl halides is 9. The molecule has 3 unspecified atom stereocenters. The van der Waals surface area contributed by atoms with E-state index in [1.54, 1.807) is 13.8 Å². The summed E-state index contributed by atoms with van der Waals surface area (Å²) in [6.45, 7) is 2.47. The summed E-state index contributed by atoms with van der Waals surface area (Å²) >= 11 is 0. The second kappa shape index (κ2) is 11.3. The predicted octanol–water partition coefficient (Wildman–Crippen LogP) is 8.36. The van der Waals surface area contributed by atoms with Crippen molar-refractivity contribution in [3.63, 3.8) is 0 Å². The van der Waals surface area contributed by atoms with E-state index in [4.69, 9.17) is 4.74 Å². The van der Waals surface area contributed by atoms with Crippen LogP contribution in [0.5, 0.6) is 0 Å². The normalized spacial score (nSPS) is 18.5. The van der Waals surface area contributed by atoms with E-state index in [-0.39, 0.29) is 23.7 Å². The fourth-order valence-electron chi connectivity index (χ4n) is 4.88. The summed E-state index contributed by atoms with van der Waals surface area (Å²) in [5, 5.41) is 9.94. The van der Waals surface area contributed by atoms with Gasteiger partial charge in [0.25, 0.3) is 0 Å². The number of carbonyl (C=O) groups excluding carboxylic acids is 1. The Balaban J connectivity index is 2.26. The number of fused-ring (bicyclic) bond motifs is 1. The van der Waals surface area contributed by atoms with Gasteiger partial charge in [-0.25, -0.2) is 9.59 Å². The second-order valence-corrected chi connectivity index (χ2v) is 9.64. The van der Waals surface area contributed by atoms with Gasteiger partial charge in [-0.2, -0.15) is 39.5 Å². The van der Waals surface area contributed by atoms with E-state index in [2.05, 4.69) is 0 Å². The lowest BCUT2D eigenvalue weighted by atomic mass is 9.83. The largest absolute Gasteiger partial charge is 0.465 e. The molecule has 6 nitrogen and oxygen atoms in total. The first-order valence-corrected chi connectivity index (χ1v) is 12.2. The summed E-state index contributed by atoms with van der Waals surface area (Å²) in [4.78, 5) is 26.7. The third-order valence-corrected chi connectivity index (χ3v) is 7.06. The first kappa shape index (κ1) is 31.9. The highest BCUT2D eigenvalue weighted by molar-refractivity contribution is 5.89. The summed E-state index contributed by atoms with van der Waals surface area (Å²) in [5.41, 5.74) is -5.63.